The van der Waals surface area contributed by atoms with Gasteiger partial charge in [0.1, 0.15) is 5.82 Å². The minimum Gasteiger partial charge on any atom is -0.316 e. The molecule has 0 spiro atoms. The molecule has 4 heteroatoms. The summed E-state index contributed by atoms with van der Waals surface area (Å²) in [6.45, 7) is 1.68. The lowest BCUT2D eigenvalue weighted by molar-refractivity contribution is 0.589. The molecular formula is C10H10Cl2FN. The van der Waals surface area contributed by atoms with Gasteiger partial charge in [-0.2, -0.15) is 0 Å². The molecule has 1 nitrogen and oxygen atoms in total. The van der Waals surface area contributed by atoms with Crippen molar-refractivity contribution >= 4 is 23.2 Å². The van der Waals surface area contributed by atoms with Crippen molar-refractivity contribution in [2.24, 2.45) is 0 Å². The van der Waals surface area contributed by atoms with Crippen LogP contribution in [0.1, 0.15) is 17.9 Å². The largest absolute Gasteiger partial charge is 0.316 e. The van der Waals surface area contributed by atoms with E-state index in [-0.39, 0.29) is 16.8 Å². The van der Waals surface area contributed by atoms with E-state index in [1.807, 2.05) is 0 Å². The van der Waals surface area contributed by atoms with Gasteiger partial charge in [0, 0.05) is 23.0 Å². The van der Waals surface area contributed by atoms with Gasteiger partial charge in [-0.1, -0.05) is 23.2 Å². The summed E-state index contributed by atoms with van der Waals surface area (Å²) in [6.07, 6.45) is 0.914. The van der Waals surface area contributed by atoms with Gasteiger partial charge in [0.25, 0.3) is 0 Å². The molecule has 1 N–H and O–H groups in total. The monoisotopic (exact) mass is 233 g/mol. The van der Waals surface area contributed by atoms with Crippen LogP contribution in [0.15, 0.2) is 12.1 Å². The van der Waals surface area contributed by atoms with Crippen molar-refractivity contribution in [1.82, 2.24) is 5.32 Å². The summed E-state index contributed by atoms with van der Waals surface area (Å²) in [5, 5.41) is 3.80. The molecule has 0 radical (unpaired) electrons. The van der Waals surface area contributed by atoms with Crippen LogP contribution in [0.3, 0.4) is 0 Å². The van der Waals surface area contributed by atoms with Crippen LogP contribution in [0.5, 0.6) is 0 Å². The van der Waals surface area contributed by atoms with Crippen LogP contribution in [0, 0.1) is 5.82 Å². The molecule has 1 aliphatic rings. The molecular weight excluding hydrogens is 224 g/mol. The minimum atomic E-state index is -0.368. The molecule has 1 saturated heterocycles. The molecule has 2 rings (SSSR count). The molecule has 76 valence electrons. The van der Waals surface area contributed by atoms with Crippen molar-refractivity contribution in [3.8, 4) is 0 Å². The third kappa shape index (κ3) is 1.74. The molecule has 0 aliphatic carbocycles. The Kier molecular flexibility index (Phi) is 2.96. The summed E-state index contributed by atoms with van der Waals surface area (Å²) in [6, 6.07) is 3.14. The molecule has 1 atom stereocenters. The van der Waals surface area contributed by atoms with Gasteiger partial charge in [-0.05, 0) is 25.1 Å². The van der Waals surface area contributed by atoms with E-state index in [0.29, 0.717) is 10.6 Å². The molecule has 0 saturated carbocycles. The first-order chi connectivity index (χ1) is 6.70. The highest BCUT2D eigenvalue weighted by molar-refractivity contribution is 6.33. The van der Waals surface area contributed by atoms with E-state index in [2.05, 4.69) is 5.32 Å². The Morgan fingerprint density at radius 2 is 2.00 bits per heavy atom. The van der Waals surface area contributed by atoms with Crippen LogP contribution in [0.2, 0.25) is 10.0 Å². The molecule has 1 fully saturated rings. The second-order valence-corrected chi connectivity index (χ2v) is 4.26. The van der Waals surface area contributed by atoms with Crippen LogP contribution in [0.4, 0.5) is 4.39 Å². The van der Waals surface area contributed by atoms with Crippen molar-refractivity contribution in [1.29, 1.82) is 0 Å². The van der Waals surface area contributed by atoms with Gasteiger partial charge in [-0.25, -0.2) is 4.39 Å². The van der Waals surface area contributed by atoms with E-state index in [0.717, 1.165) is 19.5 Å². The van der Waals surface area contributed by atoms with Crippen LogP contribution < -0.4 is 5.32 Å². The van der Waals surface area contributed by atoms with E-state index in [9.17, 15) is 4.39 Å². The van der Waals surface area contributed by atoms with Gasteiger partial charge in [-0.3, -0.25) is 0 Å². The maximum absolute atomic E-state index is 13.7. The molecule has 0 bridgehead atoms. The Hall–Kier alpha value is -0.310. The fraction of sp³-hybridized carbons (Fsp3) is 0.400. The van der Waals surface area contributed by atoms with Crippen LogP contribution >= 0.6 is 23.2 Å². The minimum absolute atomic E-state index is 0.149. The molecule has 1 unspecified atom stereocenters. The van der Waals surface area contributed by atoms with Gasteiger partial charge in [-0.15, -0.1) is 0 Å². The fourth-order valence-electron chi connectivity index (χ4n) is 1.82. The lowest BCUT2D eigenvalue weighted by atomic mass is 9.98. The normalized spacial score (nSPS) is 21.5. The maximum Gasteiger partial charge on any atom is 0.146 e. The maximum atomic E-state index is 13.7. The molecule has 0 aromatic heterocycles. The molecule has 1 aromatic carbocycles. The first-order valence-electron chi connectivity index (χ1n) is 4.54. The smallest absolute Gasteiger partial charge is 0.146 e. The fourth-order valence-corrected chi connectivity index (χ4v) is 2.28. The van der Waals surface area contributed by atoms with E-state index < -0.39 is 0 Å². The summed E-state index contributed by atoms with van der Waals surface area (Å²) in [7, 11) is 0. The summed E-state index contributed by atoms with van der Waals surface area (Å²) < 4.78 is 13.7. The highest BCUT2D eigenvalue weighted by Gasteiger charge is 2.23. The SMILES string of the molecule is Fc1c(Cl)ccc(Cl)c1C1CCNC1. The standard InChI is InChI=1S/C10H10Cl2FN/c11-7-1-2-8(12)10(13)9(7)6-3-4-14-5-6/h1-2,6,14H,3-5H2. The van der Waals surface area contributed by atoms with Crippen molar-refractivity contribution in [2.45, 2.75) is 12.3 Å². The zero-order valence-electron chi connectivity index (χ0n) is 7.49. The predicted octanol–water partition coefficient (Wildman–Crippen LogP) is 3.21. The van der Waals surface area contributed by atoms with Crippen LogP contribution in [-0.4, -0.2) is 13.1 Å². The Morgan fingerprint density at radius 3 is 2.64 bits per heavy atom. The van der Waals surface area contributed by atoms with Gasteiger partial charge < -0.3 is 5.32 Å². The highest BCUT2D eigenvalue weighted by Crippen LogP contribution is 2.34. The third-order valence-electron chi connectivity index (χ3n) is 2.55. The van der Waals surface area contributed by atoms with Crippen molar-refractivity contribution in [2.75, 3.05) is 13.1 Å². The van der Waals surface area contributed by atoms with E-state index in [1.54, 1.807) is 6.07 Å². The average molecular weight is 234 g/mol. The molecule has 0 amide bonds. The number of nitrogens with one attached hydrogen (secondary N) is 1. The predicted molar refractivity (Wildman–Crippen MR) is 56.6 cm³/mol. The molecule has 1 heterocycles. The average Bonchev–Trinajstić information content (AvgIpc) is 2.65. The lowest BCUT2D eigenvalue weighted by Crippen LogP contribution is -2.09. The molecule has 1 aliphatic heterocycles. The first kappa shape index (κ1) is 10.2. The summed E-state index contributed by atoms with van der Waals surface area (Å²) in [4.78, 5) is 0. The summed E-state index contributed by atoms with van der Waals surface area (Å²) >= 11 is 11.7. The van der Waals surface area contributed by atoms with Crippen molar-refractivity contribution < 1.29 is 4.39 Å². The topological polar surface area (TPSA) is 12.0 Å². The lowest BCUT2D eigenvalue weighted by Gasteiger charge is -2.12. The Balaban J connectivity index is 2.44. The number of halogens is 3. The first-order valence-corrected chi connectivity index (χ1v) is 5.30. The summed E-state index contributed by atoms with van der Waals surface area (Å²) in [5.41, 5.74) is 0.559. The molecule has 14 heavy (non-hydrogen) atoms. The van der Waals surface area contributed by atoms with Crippen molar-refractivity contribution in [3.63, 3.8) is 0 Å². The Labute approximate surface area is 92.2 Å². The van der Waals surface area contributed by atoms with E-state index >= 15 is 0 Å². The van der Waals surface area contributed by atoms with Gasteiger partial charge >= 0.3 is 0 Å². The Morgan fingerprint density at radius 1 is 1.29 bits per heavy atom. The number of benzene rings is 1. The number of hydrogen-bond donors (Lipinski definition) is 1. The molecule has 1 aromatic rings. The van der Waals surface area contributed by atoms with Crippen molar-refractivity contribution in [3.05, 3.63) is 33.6 Å². The van der Waals surface area contributed by atoms with Gasteiger partial charge in [0.15, 0.2) is 0 Å². The number of rotatable bonds is 1. The van der Waals surface area contributed by atoms with E-state index in [4.69, 9.17) is 23.2 Å². The summed E-state index contributed by atoms with van der Waals surface area (Å²) in [5.74, 6) is -0.214. The second-order valence-electron chi connectivity index (χ2n) is 3.45. The number of hydrogen-bond acceptors (Lipinski definition) is 1. The van der Waals surface area contributed by atoms with Crippen LogP contribution in [-0.2, 0) is 0 Å². The van der Waals surface area contributed by atoms with Crippen LogP contribution in [0.25, 0.3) is 0 Å². The highest BCUT2D eigenvalue weighted by atomic mass is 35.5. The van der Waals surface area contributed by atoms with E-state index in [1.165, 1.54) is 6.07 Å². The zero-order chi connectivity index (χ0) is 10.1. The third-order valence-corrected chi connectivity index (χ3v) is 3.17. The Bertz CT molecular complexity index is 348. The zero-order valence-corrected chi connectivity index (χ0v) is 9.00. The second kappa shape index (κ2) is 4.05. The quantitative estimate of drug-likeness (QED) is 0.735. The van der Waals surface area contributed by atoms with Gasteiger partial charge in [0.05, 0.1) is 5.02 Å². The van der Waals surface area contributed by atoms with Gasteiger partial charge in [0.2, 0.25) is 0 Å².